The monoisotopic (exact) mass is 378 g/mol. The number of aromatic nitrogens is 2. The molecule has 0 spiro atoms. The minimum Gasteiger partial charge on any atom is -0.465 e. The van der Waals surface area contributed by atoms with E-state index in [1.54, 1.807) is 23.0 Å². The van der Waals surface area contributed by atoms with E-state index in [9.17, 15) is 4.79 Å². The molecular weight excluding hydrogens is 368 g/mol. The first-order chi connectivity index (χ1) is 10.6. The van der Waals surface area contributed by atoms with E-state index in [0.717, 1.165) is 15.4 Å². The fourth-order valence-corrected chi connectivity index (χ4v) is 2.79. The number of esters is 1. The number of ether oxygens (including phenoxy) is 1. The summed E-state index contributed by atoms with van der Waals surface area (Å²) in [5, 5.41) is 5.66. The van der Waals surface area contributed by atoms with Gasteiger partial charge in [-0.25, -0.2) is 4.79 Å². The molecule has 1 heterocycles. The molecule has 3 rings (SSSR count). The zero-order valence-corrected chi connectivity index (χ0v) is 14.1. The number of benzene rings is 2. The molecule has 0 bridgehead atoms. The number of rotatable bonds is 3. The van der Waals surface area contributed by atoms with Crippen molar-refractivity contribution in [1.82, 2.24) is 9.78 Å². The number of carbonyl (C=O) groups excluding carboxylic acids is 1. The predicted molar refractivity (Wildman–Crippen MR) is 89.3 cm³/mol. The van der Waals surface area contributed by atoms with E-state index in [2.05, 4.69) is 21.0 Å². The van der Waals surface area contributed by atoms with Crippen LogP contribution in [-0.4, -0.2) is 22.9 Å². The van der Waals surface area contributed by atoms with E-state index in [-0.39, 0.29) is 0 Å². The van der Waals surface area contributed by atoms with Crippen LogP contribution in [0.1, 0.15) is 15.9 Å². The van der Waals surface area contributed by atoms with Crippen LogP contribution < -0.4 is 0 Å². The van der Waals surface area contributed by atoms with Crippen molar-refractivity contribution in [3.8, 4) is 0 Å². The maximum Gasteiger partial charge on any atom is 0.340 e. The van der Waals surface area contributed by atoms with Crippen molar-refractivity contribution in [2.75, 3.05) is 7.11 Å². The Morgan fingerprint density at radius 3 is 2.68 bits per heavy atom. The smallest absolute Gasteiger partial charge is 0.340 e. The predicted octanol–water partition coefficient (Wildman–Crippen LogP) is 4.29. The second-order valence-corrected chi connectivity index (χ2v) is 6.10. The third-order valence-corrected chi connectivity index (χ3v) is 4.26. The molecule has 0 aliphatic rings. The van der Waals surface area contributed by atoms with Crippen LogP contribution in [0.3, 0.4) is 0 Å². The van der Waals surface area contributed by atoms with Gasteiger partial charge in [-0.05, 0) is 29.8 Å². The van der Waals surface area contributed by atoms with Gasteiger partial charge in [0.05, 0.1) is 36.0 Å². The summed E-state index contributed by atoms with van der Waals surface area (Å²) >= 11 is 9.61. The highest BCUT2D eigenvalue weighted by atomic mass is 79.9. The first-order valence-corrected chi connectivity index (χ1v) is 7.74. The lowest BCUT2D eigenvalue weighted by molar-refractivity contribution is 0.0602. The fourth-order valence-electron chi connectivity index (χ4n) is 2.33. The van der Waals surface area contributed by atoms with Crippen molar-refractivity contribution in [1.29, 1.82) is 0 Å². The standard InChI is InChI=1S/C16H12BrClN2O2/c1-22-16(21)12-6-7-14(18)13-8-19-20(15(12)13)9-10-2-4-11(17)5-3-10/h2-8H,9H2,1H3. The maximum absolute atomic E-state index is 12.0. The van der Waals surface area contributed by atoms with Gasteiger partial charge in [-0.2, -0.15) is 5.10 Å². The summed E-state index contributed by atoms with van der Waals surface area (Å²) in [6.07, 6.45) is 1.67. The average Bonchev–Trinajstić information content (AvgIpc) is 2.94. The van der Waals surface area contributed by atoms with Crippen LogP contribution in [0.15, 0.2) is 47.1 Å². The van der Waals surface area contributed by atoms with E-state index < -0.39 is 5.97 Å². The summed E-state index contributed by atoms with van der Waals surface area (Å²) < 4.78 is 7.62. The van der Waals surface area contributed by atoms with Crippen molar-refractivity contribution >= 4 is 44.4 Å². The van der Waals surface area contributed by atoms with Crippen LogP contribution in [0.2, 0.25) is 5.02 Å². The Labute approximate surface area is 140 Å². The molecule has 2 aromatic carbocycles. The number of nitrogens with zero attached hydrogens (tertiary/aromatic N) is 2. The SMILES string of the molecule is COC(=O)c1ccc(Cl)c2cnn(Cc3ccc(Br)cc3)c12. The summed E-state index contributed by atoms with van der Waals surface area (Å²) in [6.45, 7) is 0.543. The summed E-state index contributed by atoms with van der Waals surface area (Å²) in [5.74, 6) is -0.403. The Kier molecular flexibility index (Phi) is 4.18. The summed E-state index contributed by atoms with van der Waals surface area (Å²) in [4.78, 5) is 12.0. The Bertz CT molecular complexity index is 843. The first-order valence-electron chi connectivity index (χ1n) is 6.57. The van der Waals surface area contributed by atoms with E-state index in [0.29, 0.717) is 22.6 Å². The summed E-state index contributed by atoms with van der Waals surface area (Å²) in [6, 6.07) is 11.3. The number of hydrogen-bond acceptors (Lipinski definition) is 3. The number of carbonyl (C=O) groups is 1. The van der Waals surface area contributed by atoms with Gasteiger partial charge in [0.25, 0.3) is 0 Å². The van der Waals surface area contributed by atoms with Gasteiger partial charge in [0, 0.05) is 9.86 Å². The lowest BCUT2D eigenvalue weighted by Crippen LogP contribution is -2.08. The Morgan fingerprint density at radius 1 is 1.27 bits per heavy atom. The van der Waals surface area contributed by atoms with Gasteiger partial charge in [-0.15, -0.1) is 0 Å². The van der Waals surface area contributed by atoms with Gasteiger partial charge in [0.1, 0.15) is 0 Å². The van der Waals surface area contributed by atoms with Crippen LogP contribution in [0.25, 0.3) is 10.9 Å². The largest absolute Gasteiger partial charge is 0.465 e. The van der Waals surface area contributed by atoms with E-state index in [4.69, 9.17) is 16.3 Å². The fraction of sp³-hybridized carbons (Fsp3) is 0.125. The molecule has 4 nitrogen and oxygen atoms in total. The maximum atomic E-state index is 12.0. The van der Waals surface area contributed by atoms with E-state index >= 15 is 0 Å². The number of methoxy groups -OCH3 is 1. The highest BCUT2D eigenvalue weighted by molar-refractivity contribution is 9.10. The van der Waals surface area contributed by atoms with Crippen molar-refractivity contribution in [3.63, 3.8) is 0 Å². The molecule has 22 heavy (non-hydrogen) atoms. The van der Waals surface area contributed by atoms with Crippen LogP contribution in [0, 0.1) is 0 Å². The number of halogens is 2. The lowest BCUT2D eigenvalue weighted by Gasteiger charge is -2.08. The summed E-state index contributed by atoms with van der Waals surface area (Å²) in [5.41, 5.74) is 2.21. The quantitative estimate of drug-likeness (QED) is 0.638. The number of fused-ring (bicyclic) bond motifs is 1. The molecule has 0 atom stereocenters. The molecule has 0 amide bonds. The molecule has 1 aromatic heterocycles. The molecule has 6 heteroatoms. The normalized spacial score (nSPS) is 10.9. The first kappa shape index (κ1) is 15.1. The molecule has 0 radical (unpaired) electrons. The van der Waals surface area contributed by atoms with Crippen molar-refractivity contribution in [2.24, 2.45) is 0 Å². The highest BCUT2D eigenvalue weighted by Gasteiger charge is 2.17. The van der Waals surface area contributed by atoms with Gasteiger partial charge in [0.15, 0.2) is 0 Å². The van der Waals surface area contributed by atoms with Gasteiger partial charge in [-0.1, -0.05) is 39.7 Å². The van der Waals surface area contributed by atoms with Gasteiger partial charge >= 0.3 is 5.97 Å². The molecule has 0 fully saturated rings. The van der Waals surface area contributed by atoms with Gasteiger partial charge in [-0.3, -0.25) is 4.68 Å². The lowest BCUT2D eigenvalue weighted by atomic mass is 10.1. The van der Waals surface area contributed by atoms with Crippen molar-refractivity contribution in [2.45, 2.75) is 6.54 Å². The molecule has 0 saturated carbocycles. The molecule has 0 N–H and O–H groups in total. The highest BCUT2D eigenvalue weighted by Crippen LogP contribution is 2.27. The van der Waals surface area contributed by atoms with Crippen molar-refractivity contribution in [3.05, 3.63) is 63.2 Å². The van der Waals surface area contributed by atoms with E-state index in [1.807, 2.05) is 24.3 Å². The molecule has 0 aliphatic heterocycles. The minimum atomic E-state index is -0.403. The Morgan fingerprint density at radius 2 is 2.00 bits per heavy atom. The van der Waals surface area contributed by atoms with Crippen LogP contribution in [-0.2, 0) is 11.3 Å². The molecule has 0 unspecified atom stereocenters. The zero-order valence-electron chi connectivity index (χ0n) is 11.7. The third kappa shape index (κ3) is 2.74. The molecule has 0 saturated heterocycles. The van der Waals surface area contributed by atoms with Gasteiger partial charge < -0.3 is 4.74 Å². The Balaban J connectivity index is 2.11. The second-order valence-electron chi connectivity index (χ2n) is 4.78. The molecule has 3 aromatic rings. The Hall–Kier alpha value is -1.85. The zero-order chi connectivity index (χ0) is 15.7. The van der Waals surface area contributed by atoms with Crippen LogP contribution in [0.5, 0.6) is 0 Å². The minimum absolute atomic E-state index is 0.403. The molecular formula is C16H12BrClN2O2. The third-order valence-electron chi connectivity index (χ3n) is 3.40. The summed E-state index contributed by atoms with van der Waals surface area (Å²) in [7, 11) is 1.36. The van der Waals surface area contributed by atoms with Gasteiger partial charge in [0.2, 0.25) is 0 Å². The van der Waals surface area contributed by atoms with E-state index in [1.165, 1.54) is 7.11 Å². The molecule has 0 aliphatic carbocycles. The van der Waals surface area contributed by atoms with Crippen molar-refractivity contribution < 1.29 is 9.53 Å². The number of hydrogen-bond donors (Lipinski definition) is 0. The molecule has 112 valence electrons. The second kappa shape index (κ2) is 6.10. The van der Waals surface area contributed by atoms with Crippen LogP contribution >= 0.6 is 27.5 Å². The van der Waals surface area contributed by atoms with Crippen LogP contribution in [0.4, 0.5) is 0 Å². The topological polar surface area (TPSA) is 44.1 Å². The average molecular weight is 380 g/mol.